The number of ether oxygens (including phenoxy) is 1. The average Bonchev–Trinajstić information content (AvgIpc) is 2.83. The van der Waals surface area contributed by atoms with E-state index in [2.05, 4.69) is 5.32 Å². The van der Waals surface area contributed by atoms with E-state index in [1.807, 2.05) is 0 Å². The van der Waals surface area contributed by atoms with Crippen LogP contribution in [-0.4, -0.2) is 68.4 Å². The number of hydrogen-bond acceptors (Lipinski definition) is 5. The molecule has 2 fully saturated rings. The number of rotatable bonds is 4. The van der Waals surface area contributed by atoms with E-state index in [0.717, 1.165) is 6.26 Å². The standard InChI is InChI=1S/C12H22N2O5S/c1-20(17,18)14-5-2-3-10(7-14)11(15)13-8-12(16)4-6-19-9-12/h10,16H,2-9H2,1H3,(H,13,15). The van der Waals surface area contributed by atoms with Gasteiger partial charge in [-0.25, -0.2) is 12.7 Å². The van der Waals surface area contributed by atoms with Crippen LogP contribution < -0.4 is 5.32 Å². The Morgan fingerprint density at radius 1 is 1.55 bits per heavy atom. The number of nitrogens with one attached hydrogen (secondary N) is 1. The van der Waals surface area contributed by atoms with Crippen LogP contribution in [0.15, 0.2) is 0 Å². The Balaban J connectivity index is 1.86. The maximum Gasteiger partial charge on any atom is 0.224 e. The monoisotopic (exact) mass is 306 g/mol. The van der Waals surface area contributed by atoms with Gasteiger partial charge >= 0.3 is 0 Å². The summed E-state index contributed by atoms with van der Waals surface area (Å²) < 4.78 is 29.5. The largest absolute Gasteiger partial charge is 0.386 e. The van der Waals surface area contributed by atoms with Crippen molar-refractivity contribution in [3.05, 3.63) is 0 Å². The molecule has 2 aliphatic heterocycles. The van der Waals surface area contributed by atoms with E-state index in [1.54, 1.807) is 0 Å². The summed E-state index contributed by atoms with van der Waals surface area (Å²) in [6.07, 6.45) is 3.02. The molecule has 0 spiro atoms. The number of sulfonamides is 1. The molecule has 0 aromatic rings. The first-order valence-corrected chi connectivity index (χ1v) is 8.68. The zero-order valence-electron chi connectivity index (χ0n) is 11.7. The summed E-state index contributed by atoms with van der Waals surface area (Å²) in [7, 11) is -3.25. The highest BCUT2D eigenvalue weighted by Gasteiger charge is 2.35. The van der Waals surface area contributed by atoms with E-state index in [1.165, 1.54) is 4.31 Å². The first-order valence-electron chi connectivity index (χ1n) is 6.83. The summed E-state index contributed by atoms with van der Waals surface area (Å²) in [5, 5.41) is 12.8. The van der Waals surface area contributed by atoms with E-state index < -0.39 is 15.6 Å². The second kappa shape index (κ2) is 5.97. The summed E-state index contributed by atoms with van der Waals surface area (Å²) in [5.41, 5.74) is -0.985. The smallest absolute Gasteiger partial charge is 0.224 e. The molecule has 7 nitrogen and oxygen atoms in total. The quantitative estimate of drug-likeness (QED) is 0.689. The van der Waals surface area contributed by atoms with Gasteiger partial charge in [-0.1, -0.05) is 0 Å². The first kappa shape index (κ1) is 15.7. The fraction of sp³-hybridized carbons (Fsp3) is 0.917. The lowest BCUT2D eigenvalue weighted by Gasteiger charge is -2.31. The molecule has 2 aliphatic rings. The molecule has 2 unspecified atom stereocenters. The van der Waals surface area contributed by atoms with Gasteiger partial charge in [0.25, 0.3) is 0 Å². The molecule has 0 saturated carbocycles. The maximum atomic E-state index is 12.1. The van der Waals surface area contributed by atoms with Gasteiger partial charge in [-0.3, -0.25) is 4.79 Å². The van der Waals surface area contributed by atoms with Gasteiger partial charge < -0.3 is 15.2 Å². The summed E-state index contributed by atoms with van der Waals surface area (Å²) in [6.45, 7) is 1.58. The Bertz CT molecular complexity index is 458. The van der Waals surface area contributed by atoms with Crippen molar-refractivity contribution in [1.29, 1.82) is 0 Å². The molecule has 2 rings (SSSR count). The Morgan fingerprint density at radius 2 is 2.30 bits per heavy atom. The average molecular weight is 306 g/mol. The molecule has 20 heavy (non-hydrogen) atoms. The minimum atomic E-state index is -3.25. The highest BCUT2D eigenvalue weighted by atomic mass is 32.2. The minimum Gasteiger partial charge on any atom is -0.386 e. The molecule has 0 radical (unpaired) electrons. The van der Waals surface area contributed by atoms with E-state index in [0.29, 0.717) is 32.4 Å². The molecule has 2 N–H and O–H groups in total. The SMILES string of the molecule is CS(=O)(=O)N1CCCC(C(=O)NCC2(O)CCOC2)C1. The Hall–Kier alpha value is -0.700. The van der Waals surface area contributed by atoms with Gasteiger partial charge in [0.1, 0.15) is 5.60 Å². The van der Waals surface area contributed by atoms with Gasteiger partial charge in [0.2, 0.25) is 15.9 Å². The minimum absolute atomic E-state index is 0.154. The third-order valence-electron chi connectivity index (χ3n) is 3.90. The Labute approximate surface area is 119 Å². The van der Waals surface area contributed by atoms with E-state index in [9.17, 15) is 18.3 Å². The molecular weight excluding hydrogens is 284 g/mol. The van der Waals surface area contributed by atoms with Gasteiger partial charge in [-0.05, 0) is 12.8 Å². The fourth-order valence-electron chi connectivity index (χ4n) is 2.59. The molecule has 2 atom stereocenters. The highest BCUT2D eigenvalue weighted by Crippen LogP contribution is 2.20. The van der Waals surface area contributed by atoms with Crippen LogP contribution in [0.3, 0.4) is 0 Å². The molecule has 0 aromatic carbocycles. The lowest BCUT2D eigenvalue weighted by atomic mass is 9.97. The van der Waals surface area contributed by atoms with Crippen molar-refractivity contribution in [2.45, 2.75) is 24.9 Å². The van der Waals surface area contributed by atoms with Crippen molar-refractivity contribution in [3.8, 4) is 0 Å². The van der Waals surface area contributed by atoms with E-state index >= 15 is 0 Å². The summed E-state index contributed by atoms with van der Waals surface area (Å²) >= 11 is 0. The highest BCUT2D eigenvalue weighted by molar-refractivity contribution is 7.88. The predicted molar refractivity (Wildman–Crippen MR) is 72.5 cm³/mol. The van der Waals surface area contributed by atoms with Crippen LogP contribution >= 0.6 is 0 Å². The molecule has 0 bridgehead atoms. The van der Waals surface area contributed by atoms with Crippen molar-refractivity contribution in [2.24, 2.45) is 5.92 Å². The number of nitrogens with zero attached hydrogens (tertiary/aromatic N) is 1. The van der Waals surface area contributed by atoms with Crippen molar-refractivity contribution < 1.29 is 23.1 Å². The zero-order chi connectivity index (χ0) is 14.8. The second-order valence-corrected chi connectivity index (χ2v) is 7.69. The first-order chi connectivity index (χ1) is 9.30. The lowest BCUT2D eigenvalue weighted by Crippen LogP contribution is -2.49. The van der Waals surface area contributed by atoms with Crippen LogP contribution in [0.2, 0.25) is 0 Å². The number of carbonyl (C=O) groups excluding carboxylic acids is 1. The van der Waals surface area contributed by atoms with Crippen LogP contribution in [0.25, 0.3) is 0 Å². The van der Waals surface area contributed by atoms with Crippen LogP contribution in [0.4, 0.5) is 0 Å². The van der Waals surface area contributed by atoms with Crippen LogP contribution in [0, 0.1) is 5.92 Å². The van der Waals surface area contributed by atoms with Crippen LogP contribution in [0.1, 0.15) is 19.3 Å². The predicted octanol–water partition coefficient (Wildman–Crippen LogP) is -1.07. The van der Waals surface area contributed by atoms with Crippen molar-refractivity contribution in [3.63, 3.8) is 0 Å². The fourth-order valence-corrected chi connectivity index (χ4v) is 3.50. The van der Waals surface area contributed by atoms with Gasteiger partial charge in [0.05, 0.1) is 18.8 Å². The van der Waals surface area contributed by atoms with Crippen molar-refractivity contribution in [2.75, 3.05) is 39.1 Å². The number of aliphatic hydroxyl groups is 1. The van der Waals surface area contributed by atoms with Crippen molar-refractivity contribution in [1.82, 2.24) is 9.62 Å². The molecule has 2 heterocycles. The maximum absolute atomic E-state index is 12.1. The molecule has 1 amide bonds. The molecule has 8 heteroatoms. The molecule has 2 saturated heterocycles. The van der Waals surface area contributed by atoms with Gasteiger partial charge in [0, 0.05) is 32.7 Å². The molecular formula is C12H22N2O5S. The van der Waals surface area contributed by atoms with Gasteiger partial charge in [-0.2, -0.15) is 0 Å². The lowest BCUT2D eigenvalue weighted by molar-refractivity contribution is -0.127. The summed E-state index contributed by atoms with van der Waals surface area (Å²) in [6, 6.07) is 0. The molecule has 0 aromatic heterocycles. The molecule has 0 aliphatic carbocycles. The Morgan fingerprint density at radius 3 is 2.90 bits per heavy atom. The Kier molecular flexibility index (Phi) is 4.68. The third kappa shape index (κ3) is 3.91. The third-order valence-corrected chi connectivity index (χ3v) is 5.17. The van der Waals surface area contributed by atoms with E-state index in [4.69, 9.17) is 4.74 Å². The number of piperidine rings is 1. The number of carbonyl (C=O) groups is 1. The van der Waals surface area contributed by atoms with E-state index in [-0.39, 0.29) is 31.5 Å². The van der Waals surface area contributed by atoms with Gasteiger partial charge in [-0.15, -0.1) is 0 Å². The second-order valence-electron chi connectivity index (χ2n) is 5.70. The summed E-state index contributed by atoms with van der Waals surface area (Å²) in [5.74, 6) is -0.539. The topological polar surface area (TPSA) is 95.9 Å². The van der Waals surface area contributed by atoms with Crippen LogP contribution in [0.5, 0.6) is 0 Å². The van der Waals surface area contributed by atoms with Gasteiger partial charge in [0.15, 0.2) is 0 Å². The van der Waals surface area contributed by atoms with Crippen molar-refractivity contribution >= 4 is 15.9 Å². The van der Waals surface area contributed by atoms with Crippen LogP contribution in [-0.2, 0) is 19.6 Å². The normalized spacial score (nSPS) is 32.2. The molecule has 116 valence electrons. The zero-order valence-corrected chi connectivity index (χ0v) is 12.5. The number of amides is 1. The number of hydrogen-bond donors (Lipinski definition) is 2. The summed E-state index contributed by atoms with van der Waals surface area (Å²) in [4.78, 5) is 12.1.